The molecule has 5 heteroatoms. The molecule has 1 fully saturated rings. The van der Waals surface area contributed by atoms with Crippen molar-refractivity contribution < 1.29 is 0 Å². The normalized spacial score (nSPS) is 17.1. The fourth-order valence-corrected chi connectivity index (χ4v) is 3.74. The van der Waals surface area contributed by atoms with Gasteiger partial charge in [-0.3, -0.25) is 4.40 Å². The fraction of sp³-hybridized carbons (Fsp3) is 0.588. The van der Waals surface area contributed by atoms with Crippen LogP contribution in [-0.4, -0.2) is 14.9 Å². The maximum Gasteiger partial charge on any atom is 0.157 e. The molecule has 0 amide bonds. The summed E-state index contributed by atoms with van der Waals surface area (Å²) >= 11 is 12.6. The summed E-state index contributed by atoms with van der Waals surface area (Å²) in [6.45, 7) is 6.47. The van der Waals surface area contributed by atoms with Gasteiger partial charge in [-0.1, -0.05) is 42.5 Å². The van der Waals surface area contributed by atoms with E-state index in [1.165, 1.54) is 32.1 Å². The Hall–Kier alpha value is -0.930. The third kappa shape index (κ3) is 3.21. The Morgan fingerprint density at radius 2 is 1.86 bits per heavy atom. The van der Waals surface area contributed by atoms with Gasteiger partial charge in [0.25, 0.3) is 0 Å². The van der Waals surface area contributed by atoms with Crippen molar-refractivity contribution in [3.63, 3.8) is 0 Å². The Kier molecular flexibility index (Phi) is 4.30. The van der Waals surface area contributed by atoms with Crippen LogP contribution in [0.1, 0.15) is 64.5 Å². The standard InChI is InChI=1S/C17H23Cl2N3/c1-17(2,3)21-16-14(11-7-5-4-6-8-11)20-15-13(19)9-12(18)10-22(15)16/h9-11,21H,4-8H2,1-3H3. The van der Waals surface area contributed by atoms with E-state index in [4.69, 9.17) is 28.2 Å². The zero-order chi connectivity index (χ0) is 15.9. The monoisotopic (exact) mass is 339 g/mol. The number of aromatic nitrogens is 2. The van der Waals surface area contributed by atoms with Gasteiger partial charge >= 0.3 is 0 Å². The molecule has 0 unspecified atom stereocenters. The van der Waals surface area contributed by atoms with Gasteiger partial charge in [0.15, 0.2) is 5.65 Å². The molecule has 1 N–H and O–H groups in total. The van der Waals surface area contributed by atoms with Crippen molar-refractivity contribution in [3.8, 4) is 0 Å². The lowest BCUT2D eigenvalue weighted by molar-refractivity contribution is 0.438. The number of imidazole rings is 1. The minimum atomic E-state index is -0.0474. The number of nitrogens with zero attached hydrogens (tertiary/aromatic N) is 2. The van der Waals surface area contributed by atoms with Crippen LogP contribution in [0.25, 0.3) is 5.65 Å². The molecule has 1 saturated carbocycles. The minimum Gasteiger partial charge on any atom is -0.365 e. The molecule has 0 bridgehead atoms. The fourth-order valence-electron chi connectivity index (χ4n) is 3.23. The van der Waals surface area contributed by atoms with E-state index in [0.29, 0.717) is 16.0 Å². The quantitative estimate of drug-likeness (QED) is 0.737. The molecule has 0 aromatic carbocycles. The summed E-state index contributed by atoms with van der Waals surface area (Å²) in [7, 11) is 0. The number of hydrogen-bond acceptors (Lipinski definition) is 2. The van der Waals surface area contributed by atoms with Crippen molar-refractivity contribution in [1.29, 1.82) is 0 Å². The number of anilines is 1. The molecule has 2 aromatic rings. The Bertz CT molecular complexity index is 679. The predicted octanol–water partition coefficient (Wildman–Crippen LogP) is 5.90. The summed E-state index contributed by atoms with van der Waals surface area (Å²) < 4.78 is 2.01. The topological polar surface area (TPSA) is 29.3 Å². The largest absolute Gasteiger partial charge is 0.365 e. The van der Waals surface area contributed by atoms with Crippen molar-refractivity contribution >= 4 is 34.7 Å². The number of nitrogens with one attached hydrogen (secondary N) is 1. The molecule has 22 heavy (non-hydrogen) atoms. The average Bonchev–Trinajstić information content (AvgIpc) is 2.77. The molecule has 120 valence electrons. The molecule has 0 aliphatic heterocycles. The average molecular weight is 340 g/mol. The highest BCUT2D eigenvalue weighted by Gasteiger charge is 2.26. The van der Waals surface area contributed by atoms with Gasteiger partial charge in [-0.15, -0.1) is 0 Å². The molecule has 0 radical (unpaired) electrons. The number of hydrogen-bond donors (Lipinski definition) is 1. The third-order valence-corrected chi connectivity index (χ3v) is 4.64. The second kappa shape index (κ2) is 5.93. The van der Waals surface area contributed by atoms with Crippen LogP contribution >= 0.6 is 23.2 Å². The van der Waals surface area contributed by atoms with Crippen molar-refractivity contribution in [2.45, 2.75) is 64.3 Å². The lowest BCUT2D eigenvalue weighted by atomic mass is 9.87. The Morgan fingerprint density at radius 1 is 1.18 bits per heavy atom. The zero-order valence-electron chi connectivity index (χ0n) is 13.4. The van der Waals surface area contributed by atoms with Gasteiger partial charge in [0.2, 0.25) is 0 Å². The molecule has 3 rings (SSSR count). The summed E-state index contributed by atoms with van der Waals surface area (Å²) in [5.41, 5.74) is 1.88. The van der Waals surface area contributed by atoms with Gasteiger partial charge in [-0.25, -0.2) is 4.98 Å². The van der Waals surface area contributed by atoms with Gasteiger partial charge in [0.1, 0.15) is 5.82 Å². The van der Waals surface area contributed by atoms with Crippen LogP contribution in [0.3, 0.4) is 0 Å². The maximum absolute atomic E-state index is 6.36. The lowest BCUT2D eigenvalue weighted by Crippen LogP contribution is -2.28. The highest BCUT2D eigenvalue weighted by Crippen LogP contribution is 2.38. The van der Waals surface area contributed by atoms with Crippen LogP contribution in [0.2, 0.25) is 10.0 Å². The molecule has 1 aliphatic carbocycles. The van der Waals surface area contributed by atoms with E-state index in [9.17, 15) is 0 Å². The Morgan fingerprint density at radius 3 is 2.50 bits per heavy atom. The van der Waals surface area contributed by atoms with E-state index in [0.717, 1.165) is 17.2 Å². The molecule has 0 saturated heterocycles. The summed E-state index contributed by atoms with van der Waals surface area (Å²) in [5.74, 6) is 1.55. The van der Waals surface area contributed by atoms with Crippen molar-refractivity contribution in [3.05, 3.63) is 28.0 Å². The first-order valence-corrected chi connectivity index (χ1v) is 8.76. The molecule has 0 atom stereocenters. The van der Waals surface area contributed by atoms with Crippen molar-refractivity contribution in [1.82, 2.24) is 9.38 Å². The van der Waals surface area contributed by atoms with E-state index >= 15 is 0 Å². The Labute approximate surface area is 142 Å². The summed E-state index contributed by atoms with van der Waals surface area (Å²) in [4.78, 5) is 4.87. The van der Waals surface area contributed by atoms with Crippen LogP contribution in [0.15, 0.2) is 12.3 Å². The van der Waals surface area contributed by atoms with E-state index < -0.39 is 0 Å². The summed E-state index contributed by atoms with van der Waals surface area (Å²) in [5, 5.41) is 4.84. The van der Waals surface area contributed by atoms with Gasteiger partial charge in [-0.2, -0.15) is 0 Å². The number of fused-ring (bicyclic) bond motifs is 1. The van der Waals surface area contributed by atoms with Crippen molar-refractivity contribution in [2.75, 3.05) is 5.32 Å². The van der Waals surface area contributed by atoms with Crippen LogP contribution in [-0.2, 0) is 0 Å². The van der Waals surface area contributed by atoms with Crippen LogP contribution in [0, 0.1) is 0 Å². The third-order valence-electron chi connectivity index (χ3n) is 4.15. The molecule has 2 heterocycles. The number of rotatable bonds is 2. The van der Waals surface area contributed by atoms with Gasteiger partial charge in [0, 0.05) is 17.7 Å². The maximum atomic E-state index is 6.36. The van der Waals surface area contributed by atoms with Crippen LogP contribution < -0.4 is 5.32 Å². The van der Waals surface area contributed by atoms with Gasteiger partial charge in [0.05, 0.1) is 15.7 Å². The molecule has 0 spiro atoms. The second-order valence-corrected chi connectivity index (χ2v) is 8.10. The molecule has 1 aliphatic rings. The van der Waals surface area contributed by atoms with E-state index in [-0.39, 0.29) is 5.54 Å². The van der Waals surface area contributed by atoms with Crippen LogP contribution in [0.5, 0.6) is 0 Å². The van der Waals surface area contributed by atoms with E-state index in [1.54, 1.807) is 6.07 Å². The van der Waals surface area contributed by atoms with E-state index in [1.807, 2.05) is 10.6 Å². The molecule has 2 aromatic heterocycles. The zero-order valence-corrected chi connectivity index (χ0v) is 14.9. The molecule has 3 nitrogen and oxygen atoms in total. The minimum absolute atomic E-state index is 0.0474. The first-order valence-electron chi connectivity index (χ1n) is 8.00. The lowest BCUT2D eigenvalue weighted by Gasteiger charge is -2.26. The summed E-state index contributed by atoms with van der Waals surface area (Å²) in [6, 6.07) is 1.76. The first-order chi connectivity index (χ1) is 10.3. The number of halogens is 2. The predicted molar refractivity (Wildman–Crippen MR) is 94.4 cm³/mol. The van der Waals surface area contributed by atoms with E-state index in [2.05, 4.69) is 26.1 Å². The number of pyridine rings is 1. The van der Waals surface area contributed by atoms with Gasteiger partial charge < -0.3 is 5.32 Å². The van der Waals surface area contributed by atoms with Crippen molar-refractivity contribution in [2.24, 2.45) is 0 Å². The first kappa shape index (κ1) is 15.9. The smallest absolute Gasteiger partial charge is 0.157 e. The van der Waals surface area contributed by atoms with Gasteiger partial charge in [-0.05, 0) is 39.7 Å². The second-order valence-electron chi connectivity index (χ2n) is 7.26. The molecular formula is C17H23Cl2N3. The molecular weight excluding hydrogens is 317 g/mol. The Balaban J connectivity index is 2.16. The summed E-state index contributed by atoms with van der Waals surface area (Å²) in [6.07, 6.45) is 8.20. The highest BCUT2D eigenvalue weighted by atomic mass is 35.5. The van der Waals surface area contributed by atoms with Crippen LogP contribution in [0.4, 0.5) is 5.82 Å². The highest BCUT2D eigenvalue weighted by molar-refractivity contribution is 6.36. The SMILES string of the molecule is CC(C)(C)Nc1c(C2CCCCC2)nc2c(Cl)cc(Cl)cn12.